The number of fused-ring (bicyclic) bond motifs is 5. The van der Waals surface area contributed by atoms with Gasteiger partial charge in [0.1, 0.15) is 5.75 Å². The molecule has 2 aliphatic carbocycles. The number of carbonyl (C=O) groups excluding carboxylic acids is 3. The van der Waals surface area contributed by atoms with E-state index in [1.807, 2.05) is 35.2 Å². The highest BCUT2D eigenvalue weighted by molar-refractivity contribution is 7.87. The molecule has 1 N–H and O–H groups in total. The second-order valence-electron chi connectivity index (χ2n) is 15.9. The maximum atomic E-state index is 14.8. The molecule has 2 bridgehead atoms. The van der Waals surface area contributed by atoms with E-state index in [-0.39, 0.29) is 35.3 Å². The van der Waals surface area contributed by atoms with Gasteiger partial charge in [-0.05, 0) is 110 Å². The van der Waals surface area contributed by atoms with Crippen molar-refractivity contribution in [1.29, 1.82) is 0 Å². The second-order valence-corrected chi connectivity index (χ2v) is 17.8. The number of hydrogen-bond acceptors (Lipinski definition) is 6. The van der Waals surface area contributed by atoms with Gasteiger partial charge in [-0.25, -0.2) is 4.72 Å². The number of carbonyl (C=O) groups is 3. The van der Waals surface area contributed by atoms with Crippen molar-refractivity contribution < 1.29 is 27.5 Å². The number of nitrogens with zero attached hydrogens (tertiary/aromatic N) is 4. The zero-order valence-corrected chi connectivity index (χ0v) is 31.2. The molecule has 276 valence electrons. The van der Waals surface area contributed by atoms with Crippen molar-refractivity contribution in [3.63, 3.8) is 0 Å². The van der Waals surface area contributed by atoms with Gasteiger partial charge in [0, 0.05) is 62.8 Å². The standard InChI is InChI=1S/C40H49N5O6S/c1-42(2)52(49,50)41-38(47)29-14-17-32-34(21-29)45(37(28-12-15-31(51-3)16-13-28)36(32)27-8-5-4-6-9-27)25-40(18-19-40)39(48)43-22-26-20-30(24-43)33-10-7-11-35(46)44(33)23-26/h7,11-17,21,26-27,30,33H,4-6,8-10,18-20,22-25H2,1-3H3,(H,41,47). The summed E-state index contributed by atoms with van der Waals surface area (Å²) in [6.45, 7) is 2.48. The van der Waals surface area contributed by atoms with Crippen LogP contribution in [0.1, 0.15) is 79.6 Å². The Hall–Kier alpha value is -4.16. The molecule has 3 aromatic rings. The van der Waals surface area contributed by atoms with E-state index in [1.54, 1.807) is 19.3 Å². The number of rotatable bonds is 9. The molecule has 3 atom stereocenters. The highest BCUT2D eigenvalue weighted by Crippen LogP contribution is 2.53. The first-order valence-electron chi connectivity index (χ1n) is 18.8. The summed E-state index contributed by atoms with van der Waals surface area (Å²) >= 11 is 0. The number of aromatic nitrogens is 1. The van der Waals surface area contributed by atoms with E-state index >= 15 is 0 Å². The van der Waals surface area contributed by atoms with Gasteiger partial charge in [0.25, 0.3) is 5.91 Å². The van der Waals surface area contributed by atoms with Crippen LogP contribution >= 0.6 is 0 Å². The van der Waals surface area contributed by atoms with Crippen molar-refractivity contribution in [2.24, 2.45) is 17.3 Å². The first-order chi connectivity index (χ1) is 25.0. The van der Waals surface area contributed by atoms with Gasteiger partial charge in [-0.2, -0.15) is 12.7 Å². The Morgan fingerprint density at radius 3 is 2.44 bits per heavy atom. The van der Waals surface area contributed by atoms with Crippen molar-refractivity contribution in [3.8, 4) is 17.0 Å². The van der Waals surface area contributed by atoms with Crippen molar-refractivity contribution in [1.82, 2.24) is 23.4 Å². The van der Waals surface area contributed by atoms with Gasteiger partial charge in [0.05, 0.1) is 18.2 Å². The number of likely N-dealkylation sites (tertiary alicyclic amines) is 1. The lowest BCUT2D eigenvalue weighted by molar-refractivity contribution is -0.147. The Morgan fingerprint density at radius 2 is 1.75 bits per heavy atom. The first-order valence-corrected chi connectivity index (χ1v) is 20.2. The van der Waals surface area contributed by atoms with E-state index in [1.165, 1.54) is 26.1 Å². The molecular weight excluding hydrogens is 679 g/mol. The van der Waals surface area contributed by atoms with Crippen LogP contribution in [-0.2, 0) is 26.3 Å². The van der Waals surface area contributed by atoms with E-state index in [0.29, 0.717) is 32.1 Å². The summed E-state index contributed by atoms with van der Waals surface area (Å²) in [6.07, 6.45) is 12.7. The highest BCUT2D eigenvalue weighted by atomic mass is 32.2. The molecule has 52 heavy (non-hydrogen) atoms. The molecule has 3 aliphatic heterocycles. The molecule has 1 aromatic heterocycles. The molecule has 0 radical (unpaired) electrons. The van der Waals surface area contributed by atoms with E-state index in [2.05, 4.69) is 26.3 Å². The third kappa shape index (κ3) is 6.21. The van der Waals surface area contributed by atoms with Crippen LogP contribution in [0.25, 0.3) is 22.2 Å². The van der Waals surface area contributed by atoms with Crippen LogP contribution in [0, 0.1) is 17.3 Å². The topological polar surface area (TPSA) is 121 Å². The van der Waals surface area contributed by atoms with Crippen LogP contribution in [0.15, 0.2) is 54.6 Å². The van der Waals surface area contributed by atoms with Crippen molar-refractivity contribution in [2.45, 2.75) is 76.3 Å². The smallest absolute Gasteiger partial charge is 0.303 e. The van der Waals surface area contributed by atoms with Gasteiger partial charge in [0.2, 0.25) is 11.8 Å². The molecule has 5 aliphatic rings. The monoisotopic (exact) mass is 727 g/mol. The summed E-state index contributed by atoms with van der Waals surface area (Å²) in [5, 5.41) is 1.04. The fraction of sp³-hybridized carbons (Fsp3) is 0.525. The zero-order valence-electron chi connectivity index (χ0n) is 30.3. The summed E-state index contributed by atoms with van der Waals surface area (Å²) < 4.78 is 36.3. The minimum atomic E-state index is -4.00. The van der Waals surface area contributed by atoms with Crippen LogP contribution in [0.2, 0.25) is 0 Å². The summed E-state index contributed by atoms with van der Waals surface area (Å²) in [4.78, 5) is 45.1. The summed E-state index contributed by atoms with van der Waals surface area (Å²) in [6, 6.07) is 13.7. The van der Waals surface area contributed by atoms with Crippen LogP contribution in [0.4, 0.5) is 0 Å². The van der Waals surface area contributed by atoms with Gasteiger partial charge in [0.15, 0.2) is 0 Å². The molecule has 0 spiro atoms. The molecule has 3 amide bonds. The van der Waals surface area contributed by atoms with E-state index in [9.17, 15) is 22.8 Å². The van der Waals surface area contributed by atoms with Gasteiger partial charge in [-0.1, -0.05) is 31.4 Å². The molecular formula is C40H49N5O6S. The minimum Gasteiger partial charge on any atom is -0.497 e. The average Bonchev–Trinajstić information content (AvgIpc) is 3.87. The Kier molecular flexibility index (Phi) is 8.97. The van der Waals surface area contributed by atoms with E-state index < -0.39 is 21.5 Å². The number of nitrogens with one attached hydrogen (secondary N) is 1. The molecule has 8 rings (SSSR count). The van der Waals surface area contributed by atoms with E-state index in [0.717, 1.165) is 83.6 Å². The summed E-state index contributed by atoms with van der Waals surface area (Å²) in [7, 11) is 0.414. The van der Waals surface area contributed by atoms with E-state index in [4.69, 9.17) is 4.74 Å². The Bertz CT molecular complexity index is 2040. The summed E-state index contributed by atoms with van der Waals surface area (Å²) in [5.74, 6) is 1.18. The number of amides is 3. The molecule has 4 heterocycles. The minimum absolute atomic E-state index is 0.0936. The van der Waals surface area contributed by atoms with Gasteiger partial charge >= 0.3 is 10.2 Å². The molecule has 2 saturated carbocycles. The lowest BCUT2D eigenvalue weighted by Crippen LogP contribution is -2.61. The average molecular weight is 728 g/mol. The number of methoxy groups -OCH3 is 1. The Labute approximate surface area is 306 Å². The van der Waals surface area contributed by atoms with Gasteiger partial charge < -0.3 is 19.1 Å². The molecule has 11 nitrogen and oxygen atoms in total. The quantitative estimate of drug-likeness (QED) is 0.319. The van der Waals surface area contributed by atoms with Crippen molar-refractivity contribution >= 4 is 38.8 Å². The molecule has 3 unspecified atom stereocenters. The second kappa shape index (κ2) is 13.4. The molecule has 2 saturated heterocycles. The van der Waals surface area contributed by atoms with Crippen LogP contribution < -0.4 is 9.46 Å². The van der Waals surface area contributed by atoms with Gasteiger partial charge in [-0.3, -0.25) is 14.4 Å². The first kappa shape index (κ1) is 34.9. The third-order valence-corrected chi connectivity index (χ3v) is 13.8. The molecule has 2 aromatic carbocycles. The Balaban J connectivity index is 1.21. The number of piperidine rings is 2. The maximum Gasteiger partial charge on any atom is 0.303 e. The van der Waals surface area contributed by atoms with Gasteiger partial charge in [-0.15, -0.1) is 0 Å². The maximum absolute atomic E-state index is 14.8. The predicted molar refractivity (Wildman–Crippen MR) is 199 cm³/mol. The highest BCUT2D eigenvalue weighted by Gasteiger charge is 2.54. The fourth-order valence-corrected chi connectivity index (χ4v) is 10.0. The van der Waals surface area contributed by atoms with Crippen molar-refractivity contribution in [2.75, 3.05) is 40.8 Å². The van der Waals surface area contributed by atoms with Crippen LogP contribution in [0.5, 0.6) is 5.75 Å². The fourth-order valence-electron chi connectivity index (χ4n) is 9.51. The number of hydrogen-bond donors (Lipinski definition) is 1. The van der Waals surface area contributed by atoms with Crippen LogP contribution in [-0.4, -0.2) is 91.7 Å². The third-order valence-electron chi connectivity index (χ3n) is 12.4. The SMILES string of the molecule is COc1ccc(-c2c(C3CCCCC3)c3ccc(C(=O)NS(=O)(=O)N(C)C)cc3n2CC2(C(=O)N3CC4CC(C3)C3CC=CC(=O)N3C4)CC2)cc1. The largest absolute Gasteiger partial charge is 0.497 e. The lowest BCUT2D eigenvalue weighted by Gasteiger charge is -2.51. The molecule has 12 heteroatoms. The summed E-state index contributed by atoms with van der Waals surface area (Å²) in [5.41, 5.74) is 3.80. The number of benzene rings is 2. The molecule has 4 fully saturated rings. The Morgan fingerprint density at radius 1 is 1.00 bits per heavy atom. The van der Waals surface area contributed by atoms with Crippen molar-refractivity contribution in [3.05, 3.63) is 65.7 Å². The number of ether oxygens (including phenoxy) is 1. The normalized spacial score (nSPS) is 24.2. The lowest BCUT2D eigenvalue weighted by atomic mass is 9.76. The zero-order chi connectivity index (χ0) is 36.4. The predicted octanol–water partition coefficient (Wildman–Crippen LogP) is 5.32. The van der Waals surface area contributed by atoms with Crippen LogP contribution in [0.3, 0.4) is 0 Å².